The number of rotatable bonds is 11. The molecule has 2 unspecified atom stereocenters. The Bertz CT molecular complexity index is 1520. The van der Waals surface area contributed by atoms with Crippen LogP contribution in [-0.4, -0.2) is 67.0 Å². The molecule has 5 rings (SSSR count). The van der Waals surface area contributed by atoms with Gasteiger partial charge in [-0.3, -0.25) is 19.7 Å². The van der Waals surface area contributed by atoms with Crippen LogP contribution in [0.3, 0.4) is 0 Å². The number of pyridine rings is 1. The van der Waals surface area contributed by atoms with E-state index in [0.717, 1.165) is 5.56 Å². The van der Waals surface area contributed by atoms with Crippen LogP contribution in [0.1, 0.15) is 48.9 Å². The maximum atomic E-state index is 13.3. The van der Waals surface area contributed by atoms with Crippen LogP contribution in [0.15, 0.2) is 40.8 Å². The summed E-state index contributed by atoms with van der Waals surface area (Å²) in [6.07, 6.45) is 0.622. The van der Waals surface area contributed by atoms with E-state index in [0.29, 0.717) is 54.3 Å². The van der Waals surface area contributed by atoms with E-state index in [-0.39, 0.29) is 36.6 Å². The maximum Gasteiger partial charge on any atom is 0.322 e. The fourth-order valence-electron chi connectivity index (χ4n) is 5.32. The summed E-state index contributed by atoms with van der Waals surface area (Å²) >= 11 is 0. The van der Waals surface area contributed by atoms with Gasteiger partial charge in [0.2, 0.25) is 0 Å². The molecule has 0 radical (unpaired) electrons. The lowest BCUT2D eigenvalue weighted by atomic mass is 9.95. The number of hydrogen-bond acceptors (Lipinski definition) is 9. The Balaban J connectivity index is 1.45. The molecule has 2 atom stereocenters. The lowest BCUT2D eigenvalue weighted by molar-refractivity contribution is -0.147. The molecule has 0 aliphatic carbocycles. The molecule has 0 bridgehead atoms. The van der Waals surface area contributed by atoms with Gasteiger partial charge in [-0.1, -0.05) is 13.0 Å². The number of hydrogen-bond donors (Lipinski definition) is 2. The van der Waals surface area contributed by atoms with Gasteiger partial charge in [0.05, 0.1) is 26.2 Å². The number of benzene rings is 1. The number of methoxy groups -OCH3 is 1. The van der Waals surface area contributed by atoms with Gasteiger partial charge >= 0.3 is 12.0 Å². The maximum absolute atomic E-state index is 13.3. The summed E-state index contributed by atoms with van der Waals surface area (Å²) in [6, 6.07) is 9.69. The quantitative estimate of drug-likeness (QED) is 0.266. The zero-order chi connectivity index (χ0) is 29.3. The normalized spacial score (nSPS) is 18.7. The summed E-state index contributed by atoms with van der Waals surface area (Å²) in [6.45, 7) is 7.15. The number of nitrogens with zero attached hydrogens (tertiary/aromatic N) is 3. The molecular weight excluding hydrogens is 530 g/mol. The highest BCUT2D eigenvalue weighted by Crippen LogP contribution is 2.35. The molecule has 3 aromatic rings. The molecule has 1 aromatic carbocycles. The Morgan fingerprint density at radius 1 is 1.17 bits per heavy atom. The molecule has 2 aliphatic heterocycles. The number of ether oxygens (including phenoxy) is 2. The van der Waals surface area contributed by atoms with E-state index in [1.165, 1.54) is 12.0 Å². The Morgan fingerprint density at radius 2 is 1.98 bits per heavy atom. The molecule has 0 spiro atoms. The van der Waals surface area contributed by atoms with Crippen molar-refractivity contribution >= 4 is 40.7 Å². The van der Waals surface area contributed by atoms with Crippen molar-refractivity contribution in [3.63, 3.8) is 0 Å². The van der Waals surface area contributed by atoms with Crippen LogP contribution < -0.4 is 20.3 Å². The number of urea groups is 1. The van der Waals surface area contributed by atoms with Crippen LogP contribution in [0.4, 0.5) is 10.6 Å². The van der Waals surface area contributed by atoms with Crippen LogP contribution in [-0.2, 0) is 26.4 Å². The van der Waals surface area contributed by atoms with Gasteiger partial charge in [-0.05, 0) is 50.1 Å². The molecule has 216 valence electrons. The summed E-state index contributed by atoms with van der Waals surface area (Å²) in [4.78, 5) is 59.5. The lowest BCUT2D eigenvalue weighted by Gasteiger charge is -2.28. The van der Waals surface area contributed by atoms with Crippen LogP contribution in [0.2, 0.25) is 0 Å². The number of anilines is 1. The average Bonchev–Trinajstić information content (AvgIpc) is 3.62. The second-order valence-corrected chi connectivity index (χ2v) is 10.1. The monoisotopic (exact) mass is 563 g/mol. The number of furan rings is 1. The SMILES string of the molecule is CCOC(=O)C(CC)CN(CC)c1ccc2oc(C3(CN4Cc5ccc(OC)cc5C4=O)NC(=O)NC3=O)cc2n1. The van der Waals surface area contributed by atoms with E-state index in [9.17, 15) is 19.2 Å². The first-order valence-electron chi connectivity index (χ1n) is 13.6. The first-order chi connectivity index (χ1) is 19.7. The summed E-state index contributed by atoms with van der Waals surface area (Å²) in [5.74, 6) is -0.135. The molecule has 1 fully saturated rings. The number of esters is 1. The number of fused-ring (bicyclic) bond motifs is 2. The molecule has 2 aliphatic rings. The number of amides is 4. The number of carbonyl (C=O) groups is 4. The third kappa shape index (κ3) is 5.05. The highest BCUT2D eigenvalue weighted by Gasteiger charge is 2.53. The van der Waals surface area contributed by atoms with Crippen LogP contribution >= 0.6 is 0 Å². The second-order valence-electron chi connectivity index (χ2n) is 10.1. The smallest absolute Gasteiger partial charge is 0.322 e. The van der Waals surface area contributed by atoms with E-state index in [2.05, 4.69) is 10.6 Å². The third-order valence-corrected chi connectivity index (χ3v) is 7.60. The van der Waals surface area contributed by atoms with E-state index < -0.39 is 17.5 Å². The molecule has 2 aromatic heterocycles. The second kappa shape index (κ2) is 11.1. The van der Waals surface area contributed by atoms with Gasteiger partial charge < -0.3 is 29.0 Å². The number of imide groups is 1. The fraction of sp³-hybridized carbons (Fsp3) is 0.414. The topological polar surface area (TPSA) is 143 Å². The van der Waals surface area contributed by atoms with Crippen molar-refractivity contribution in [1.29, 1.82) is 0 Å². The van der Waals surface area contributed by atoms with Crippen molar-refractivity contribution in [1.82, 2.24) is 20.5 Å². The van der Waals surface area contributed by atoms with Crippen molar-refractivity contribution in [2.24, 2.45) is 5.92 Å². The zero-order valence-corrected chi connectivity index (χ0v) is 23.5. The molecule has 12 heteroatoms. The molecule has 4 heterocycles. The molecule has 12 nitrogen and oxygen atoms in total. The van der Waals surface area contributed by atoms with Crippen molar-refractivity contribution in [2.45, 2.75) is 39.3 Å². The van der Waals surface area contributed by atoms with E-state index in [1.807, 2.05) is 24.8 Å². The highest BCUT2D eigenvalue weighted by molar-refractivity contribution is 6.08. The fourth-order valence-corrected chi connectivity index (χ4v) is 5.32. The number of aromatic nitrogens is 1. The van der Waals surface area contributed by atoms with Gasteiger partial charge in [-0.25, -0.2) is 9.78 Å². The standard InChI is InChI=1S/C29H33N5O7/c1-5-17(26(36)40-7-3)14-33(6-2)24-11-10-22-21(30-24)13-23(41-22)29(27(37)31-28(38)32-29)16-34-15-18-8-9-19(39-4)12-20(18)25(34)35/h8-13,17H,5-7,14-16H2,1-4H3,(H2,31,32,37,38). The minimum atomic E-state index is -1.65. The molecule has 0 saturated carbocycles. The Hall–Kier alpha value is -4.61. The first kappa shape index (κ1) is 27.9. The Labute approximate surface area is 237 Å². The third-order valence-electron chi connectivity index (χ3n) is 7.60. The van der Waals surface area contributed by atoms with Gasteiger partial charge in [0, 0.05) is 31.3 Å². The van der Waals surface area contributed by atoms with Gasteiger partial charge in [-0.15, -0.1) is 0 Å². The summed E-state index contributed by atoms with van der Waals surface area (Å²) in [5, 5.41) is 4.98. The number of carbonyl (C=O) groups excluding carboxylic acids is 4. The van der Waals surface area contributed by atoms with Gasteiger partial charge in [0.1, 0.15) is 22.8 Å². The summed E-state index contributed by atoms with van der Waals surface area (Å²) in [5.41, 5.74) is 0.495. The molecule has 41 heavy (non-hydrogen) atoms. The van der Waals surface area contributed by atoms with E-state index >= 15 is 0 Å². The molecular formula is C29H33N5O7. The molecule has 2 N–H and O–H groups in total. The summed E-state index contributed by atoms with van der Waals surface area (Å²) in [7, 11) is 1.52. The minimum absolute atomic E-state index is 0.147. The van der Waals surface area contributed by atoms with Gasteiger partial charge in [0.25, 0.3) is 11.8 Å². The van der Waals surface area contributed by atoms with Crippen LogP contribution in [0, 0.1) is 5.92 Å². The average molecular weight is 564 g/mol. The predicted molar refractivity (Wildman–Crippen MR) is 148 cm³/mol. The van der Waals surface area contributed by atoms with E-state index in [4.69, 9.17) is 18.9 Å². The first-order valence-corrected chi connectivity index (χ1v) is 13.6. The predicted octanol–water partition coefficient (Wildman–Crippen LogP) is 2.94. The number of nitrogens with one attached hydrogen (secondary N) is 2. The van der Waals surface area contributed by atoms with Crippen LogP contribution in [0.25, 0.3) is 11.1 Å². The highest BCUT2D eigenvalue weighted by atomic mass is 16.5. The molecule has 1 saturated heterocycles. The van der Waals surface area contributed by atoms with Crippen LogP contribution in [0.5, 0.6) is 5.75 Å². The van der Waals surface area contributed by atoms with Crippen molar-refractivity contribution in [3.8, 4) is 5.75 Å². The Morgan fingerprint density at radius 3 is 2.63 bits per heavy atom. The molecule has 4 amide bonds. The minimum Gasteiger partial charge on any atom is -0.497 e. The van der Waals surface area contributed by atoms with Crippen molar-refractivity contribution in [3.05, 3.63) is 53.3 Å². The zero-order valence-electron chi connectivity index (χ0n) is 23.5. The van der Waals surface area contributed by atoms with Gasteiger partial charge in [-0.2, -0.15) is 0 Å². The van der Waals surface area contributed by atoms with Crippen molar-refractivity contribution < 1.29 is 33.1 Å². The summed E-state index contributed by atoms with van der Waals surface area (Å²) < 4.78 is 16.6. The van der Waals surface area contributed by atoms with Crippen molar-refractivity contribution in [2.75, 3.05) is 38.3 Å². The van der Waals surface area contributed by atoms with E-state index in [1.54, 1.807) is 37.3 Å². The van der Waals surface area contributed by atoms with Gasteiger partial charge in [0.15, 0.2) is 11.1 Å². The Kier molecular flexibility index (Phi) is 7.57. The lowest BCUT2D eigenvalue weighted by Crippen LogP contribution is -2.52. The largest absolute Gasteiger partial charge is 0.497 e.